The Balaban J connectivity index is 1.29. The maximum absolute atomic E-state index is 10.9. The van der Waals surface area contributed by atoms with Gasteiger partial charge in [-0.3, -0.25) is 0 Å². The largest absolute Gasteiger partial charge is 0.485 e. The molecule has 154 valence electrons. The highest BCUT2D eigenvalue weighted by atomic mass is 16.6. The Morgan fingerprint density at radius 2 is 1.67 bits per heavy atom. The molecule has 0 radical (unpaired) electrons. The van der Waals surface area contributed by atoms with Crippen LogP contribution in [0.3, 0.4) is 0 Å². The second-order valence-electron chi connectivity index (χ2n) is 7.59. The van der Waals surface area contributed by atoms with Crippen LogP contribution < -0.4 is 14.8 Å². The minimum atomic E-state index is -0.902. The number of para-hydroxylation sites is 2. The van der Waals surface area contributed by atoms with Gasteiger partial charge in [-0.1, -0.05) is 48.5 Å². The lowest BCUT2D eigenvalue weighted by Crippen LogP contribution is -2.27. The van der Waals surface area contributed by atoms with Crippen LogP contribution in [0.15, 0.2) is 72.8 Å². The van der Waals surface area contributed by atoms with Crippen molar-refractivity contribution in [2.75, 3.05) is 6.61 Å². The molecule has 5 heteroatoms. The number of hydrogen-bond acceptors (Lipinski definition) is 4. The number of carboxylic acid groups (broad SMARTS) is 1. The third-order valence-electron chi connectivity index (χ3n) is 5.26. The first kappa shape index (κ1) is 20.0. The van der Waals surface area contributed by atoms with E-state index in [1.165, 1.54) is 5.56 Å². The fraction of sp³-hybridized carbons (Fsp3) is 0.240. The van der Waals surface area contributed by atoms with E-state index < -0.39 is 5.97 Å². The van der Waals surface area contributed by atoms with Gasteiger partial charge in [-0.2, -0.15) is 0 Å². The van der Waals surface area contributed by atoms with Crippen LogP contribution in [0.25, 0.3) is 0 Å². The second kappa shape index (κ2) is 9.01. The zero-order chi connectivity index (χ0) is 20.9. The normalized spacial score (nSPS) is 16.1. The summed E-state index contributed by atoms with van der Waals surface area (Å²) in [7, 11) is 0. The van der Waals surface area contributed by atoms with E-state index in [1.54, 1.807) is 12.1 Å². The standard InChI is InChI=1S/C25H25NO4/c1-17(26-15-19-8-12-21(13-9-19)25(27)28)14-18-6-10-20(11-7-18)24-16-29-22-4-2-3-5-23(22)30-24/h2-13,17,24,26H,14-16H2,1H3,(H,27,28)/t17?,24-/m1/s1. The van der Waals surface area contributed by atoms with E-state index in [9.17, 15) is 4.79 Å². The van der Waals surface area contributed by atoms with Gasteiger partial charge in [0.2, 0.25) is 0 Å². The first-order valence-electron chi connectivity index (χ1n) is 10.1. The summed E-state index contributed by atoms with van der Waals surface area (Å²) in [5, 5.41) is 12.5. The van der Waals surface area contributed by atoms with Crippen LogP contribution in [0.5, 0.6) is 11.5 Å². The van der Waals surface area contributed by atoms with Gasteiger partial charge in [0.25, 0.3) is 0 Å². The number of hydrogen-bond donors (Lipinski definition) is 2. The molecule has 0 saturated carbocycles. The van der Waals surface area contributed by atoms with Gasteiger partial charge in [0, 0.05) is 12.6 Å². The zero-order valence-electron chi connectivity index (χ0n) is 16.9. The van der Waals surface area contributed by atoms with Gasteiger partial charge in [-0.15, -0.1) is 0 Å². The average molecular weight is 403 g/mol. The lowest BCUT2D eigenvalue weighted by Gasteiger charge is -2.26. The van der Waals surface area contributed by atoms with Crippen LogP contribution in [0.1, 0.15) is 40.1 Å². The first-order chi connectivity index (χ1) is 14.6. The molecule has 0 fully saturated rings. The number of carbonyl (C=O) groups is 1. The minimum Gasteiger partial charge on any atom is -0.485 e. The van der Waals surface area contributed by atoms with Gasteiger partial charge in [0.05, 0.1) is 5.56 Å². The summed E-state index contributed by atoms with van der Waals surface area (Å²) in [6.07, 6.45) is 0.802. The molecular weight excluding hydrogens is 378 g/mol. The molecule has 3 aromatic rings. The Morgan fingerprint density at radius 3 is 2.37 bits per heavy atom. The highest BCUT2D eigenvalue weighted by Gasteiger charge is 2.22. The van der Waals surface area contributed by atoms with E-state index in [-0.39, 0.29) is 12.1 Å². The summed E-state index contributed by atoms with van der Waals surface area (Å²) >= 11 is 0. The molecule has 1 aliphatic heterocycles. The molecule has 1 heterocycles. The topological polar surface area (TPSA) is 67.8 Å². The lowest BCUT2D eigenvalue weighted by molar-refractivity contribution is 0.0697. The molecule has 1 unspecified atom stereocenters. The maximum Gasteiger partial charge on any atom is 0.335 e. The fourth-order valence-electron chi connectivity index (χ4n) is 3.54. The van der Waals surface area contributed by atoms with Crippen molar-refractivity contribution in [3.63, 3.8) is 0 Å². The van der Waals surface area contributed by atoms with Gasteiger partial charge in [-0.05, 0) is 54.3 Å². The predicted octanol–water partition coefficient (Wildman–Crippen LogP) is 4.62. The smallest absolute Gasteiger partial charge is 0.335 e. The third kappa shape index (κ3) is 4.81. The Hall–Kier alpha value is -3.31. The molecule has 0 aromatic heterocycles. The molecule has 0 amide bonds. The molecule has 2 atom stereocenters. The summed E-state index contributed by atoms with van der Waals surface area (Å²) in [4.78, 5) is 10.9. The summed E-state index contributed by atoms with van der Waals surface area (Å²) in [6, 6.07) is 23.5. The number of aromatic carboxylic acids is 1. The van der Waals surface area contributed by atoms with Crippen molar-refractivity contribution < 1.29 is 19.4 Å². The average Bonchev–Trinajstić information content (AvgIpc) is 2.78. The molecule has 0 bridgehead atoms. The van der Waals surface area contributed by atoms with Gasteiger partial charge < -0.3 is 19.9 Å². The highest BCUT2D eigenvalue weighted by molar-refractivity contribution is 5.87. The van der Waals surface area contributed by atoms with Crippen molar-refractivity contribution >= 4 is 5.97 Å². The molecule has 2 N–H and O–H groups in total. The van der Waals surface area contributed by atoms with Crippen molar-refractivity contribution in [3.8, 4) is 11.5 Å². The second-order valence-corrected chi connectivity index (χ2v) is 7.59. The number of fused-ring (bicyclic) bond motifs is 1. The van der Waals surface area contributed by atoms with Gasteiger partial charge in [0.1, 0.15) is 6.61 Å². The summed E-state index contributed by atoms with van der Waals surface area (Å²) in [5.74, 6) is 0.677. The van der Waals surface area contributed by atoms with Crippen LogP contribution in [0.4, 0.5) is 0 Å². The Morgan fingerprint density at radius 1 is 1.00 bits per heavy atom. The van der Waals surface area contributed by atoms with Crippen molar-refractivity contribution in [2.24, 2.45) is 0 Å². The SMILES string of the molecule is CC(Cc1ccc([C@H]2COc3ccccc3O2)cc1)NCc1ccc(C(=O)O)cc1. The van der Waals surface area contributed by atoms with Gasteiger partial charge in [-0.25, -0.2) is 4.79 Å². The van der Waals surface area contributed by atoms with Gasteiger partial charge >= 0.3 is 5.97 Å². The van der Waals surface area contributed by atoms with Crippen molar-refractivity contribution in [1.29, 1.82) is 0 Å². The molecule has 0 aliphatic carbocycles. The van der Waals surface area contributed by atoms with Crippen LogP contribution in [-0.4, -0.2) is 23.7 Å². The minimum absolute atomic E-state index is 0.0988. The molecule has 1 aliphatic rings. The molecule has 30 heavy (non-hydrogen) atoms. The van der Waals surface area contributed by atoms with E-state index in [2.05, 4.69) is 36.5 Å². The van der Waals surface area contributed by atoms with Crippen molar-refractivity contribution in [3.05, 3.63) is 95.1 Å². The Kier molecular flexibility index (Phi) is 6.00. The van der Waals surface area contributed by atoms with E-state index in [0.717, 1.165) is 29.0 Å². The summed E-state index contributed by atoms with van der Waals surface area (Å²) in [6.45, 7) is 3.36. The third-order valence-corrected chi connectivity index (χ3v) is 5.26. The predicted molar refractivity (Wildman–Crippen MR) is 115 cm³/mol. The van der Waals surface area contributed by atoms with Crippen LogP contribution >= 0.6 is 0 Å². The monoisotopic (exact) mass is 403 g/mol. The summed E-state index contributed by atoms with van der Waals surface area (Å²) < 4.78 is 11.9. The van der Waals surface area contributed by atoms with Crippen molar-refractivity contribution in [1.82, 2.24) is 5.32 Å². The lowest BCUT2D eigenvalue weighted by atomic mass is 10.0. The highest BCUT2D eigenvalue weighted by Crippen LogP contribution is 2.35. The molecule has 4 rings (SSSR count). The molecular formula is C25H25NO4. The van der Waals surface area contributed by atoms with Crippen LogP contribution in [-0.2, 0) is 13.0 Å². The maximum atomic E-state index is 10.9. The summed E-state index contributed by atoms with van der Waals surface area (Å²) in [5.41, 5.74) is 3.73. The number of ether oxygens (including phenoxy) is 2. The fourth-order valence-corrected chi connectivity index (χ4v) is 3.54. The van der Waals surface area contributed by atoms with Crippen molar-refractivity contribution in [2.45, 2.75) is 32.0 Å². The number of nitrogens with one attached hydrogen (secondary N) is 1. The number of rotatable bonds is 7. The molecule has 0 saturated heterocycles. The zero-order valence-corrected chi connectivity index (χ0v) is 16.9. The molecule has 5 nitrogen and oxygen atoms in total. The Bertz CT molecular complexity index is 998. The van der Waals surface area contributed by atoms with Crippen LogP contribution in [0, 0.1) is 0 Å². The molecule has 0 spiro atoms. The van der Waals surface area contributed by atoms with E-state index >= 15 is 0 Å². The van der Waals surface area contributed by atoms with Crippen LogP contribution in [0.2, 0.25) is 0 Å². The number of benzene rings is 3. The molecule has 3 aromatic carbocycles. The quantitative estimate of drug-likeness (QED) is 0.603. The first-order valence-corrected chi connectivity index (χ1v) is 10.1. The Labute approximate surface area is 176 Å². The van der Waals surface area contributed by atoms with E-state index in [4.69, 9.17) is 14.6 Å². The van der Waals surface area contributed by atoms with Gasteiger partial charge in [0.15, 0.2) is 17.6 Å². The van der Waals surface area contributed by atoms with E-state index in [1.807, 2.05) is 36.4 Å². The number of carboxylic acids is 1. The van der Waals surface area contributed by atoms with E-state index in [0.29, 0.717) is 18.7 Å².